The van der Waals surface area contributed by atoms with Gasteiger partial charge in [0, 0.05) is 36.1 Å². The van der Waals surface area contributed by atoms with E-state index in [2.05, 4.69) is 4.99 Å². The molecule has 0 unspecified atom stereocenters. The lowest BCUT2D eigenvalue weighted by molar-refractivity contribution is -0.435. The third kappa shape index (κ3) is 6.80. The summed E-state index contributed by atoms with van der Waals surface area (Å²) >= 11 is 0. The van der Waals surface area contributed by atoms with E-state index in [1.54, 1.807) is 16.9 Å². The molecule has 218 valence electrons. The first-order valence-corrected chi connectivity index (χ1v) is 16.9. The van der Waals surface area contributed by atoms with E-state index in [0.717, 1.165) is 11.8 Å². The van der Waals surface area contributed by atoms with E-state index in [0.29, 0.717) is 29.4 Å². The topological polar surface area (TPSA) is 178 Å². The Balaban J connectivity index is 1.92. The SMILES string of the molecule is CC1(C)C(C=CCC=Nc2ccccc2)=[N+](CCCS(=O)(=O)O)c2c1ccc1c(S(=O)(=O)O)cc(S(=O)(=O)O)cc21. The van der Waals surface area contributed by atoms with Gasteiger partial charge in [-0.3, -0.25) is 18.7 Å². The summed E-state index contributed by atoms with van der Waals surface area (Å²) in [7, 11) is -14.1. The van der Waals surface area contributed by atoms with Gasteiger partial charge in [0.2, 0.25) is 5.69 Å². The van der Waals surface area contributed by atoms with E-state index in [9.17, 15) is 38.9 Å². The number of hydrogen-bond acceptors (Lipinski definition) is 7. The molecule has 0 bridgehead atoms. The molecule has 0 aromatic heterocycles. The molecular formula is C27H29N2O9S3+. The van der Waals surface area contributed by atoms with E-state index in [4.69, 9.17) is 0 Å². The van der Waals surface area contributed by atoms with Crippen molar-refractivity contribution in [3.05, 3.63) is 72.3 Å². The molecule has 14 heteroatoms. The predicted octanol–water partition coefficient (Wildman–Crippen LogP) is 4.34. The molecule has 0 amide bonds. The van der Waals surface area contributed by atoms with Gasteiger partial charge in [-0.25, -0.2) is 0 Å². The van der Waals surface area contributed by atoms with Crippen molar-refractivity contribution in [1.29, 1.82) is 0 Å². The minimum Gasteiger partial charge on any atom is -0.286 e. The van der Waals surface area contributed by atoms with Gasteiger partial charge >= 0.3 is 0 Å². The van der Waals surface area contributed by atoms with Crippen molar-refractivity contribution >= 4 is 64.4 Å². The quantitative estimate of drug-likeness (QED) is 0.169. The Hall–Kier alpha value is -3.27. The molecule has 3 N–H and O–H groups in total. The molecule has 11 nitrogen and oxygen atoms in total. The van der Waals surface area contributed by atoms with E-state index >= 15 is 0 Å². The van der Waals surface area contributed by atoms with E-state index in [1.165, 1.54) is 6.07 Å². The van der Waals surface area contributed by atoms with Crippen molar-refractivity contribution in [3.8, 4) is 0 Å². The van der Waals surface area contributed by atoms with Crippen LogP contribution in [0.5, 0.6) is 0 Å². The summed E-state index contributed by atoms with van der Waals surface area (Å²) in [6.07, 6.45) is 5.83. The monoisotopic (exact) mass is 621 g/mol. The van der Waals surface area contributed by atoms with E-state index < -0.39 is 51.3 Å². The highest BCUT2D eigenvalue weighted by atomic mass is 32.2. The van der Waals surface area contributed by atoms with Crippen LogP contribution >= 0.6 is 0 Å². The molecule has 0 radical (unpaired) electrons. The fourth-order valence-electron chi connectivity index (χ4n) is 4.96. The van der Waals surface area contributed by atoms with Gasteiger partial charge in [-0.15, -0.1) is 0 Å². The third-order valence-electron chi connectivity index (χ3n) is 6.79. The first-order valence-electron chi connectivity index (χ1n) is 12.4. The first-order chi connectivity index (χ1) is 19.0. The number of benzene rings is 3. The summed E-state index contributed by atoms with van der Waals surface area (Å²) in [5.74, 6) is -0.544. The van der Waals surface area contributed by atoms with Gasteiger partial charge in [0.25, 0.3) is 30.4 Å². The molecule has 1 heterocycles. The fraction of sp³-hybridized carbons (Fsp3) is 0.259. The van der Waals surface area contributed by atoms with E-state index in [1.807, 2.05) is 56.3 Å². The van der Waals surface area contributed by atoms with Crippen LogP contribution < -0.4 is 0 Å². The van der Waals surface area contributed by atoms with Crippen LogP contribution in [0.3, 0.4) is 0 Å². The maximum atomic E-state index is 12.2. The van der Waals surface area contributed by atoms with Gasteiger partial charge in [-0.2, -0.15) is 29.8 Å². The lowest BCUT2D eigenvalue weighted by atomic mass is 9.80. The lowest BCUT2D eigenvalue weighted by Gasteiger charge is -2.16. The highest BCUT2D eigenvalue weighted by molar-refractivity contribution is 7.87. The molecule has 3 aromatic rings. The maximum Gasteiger partial charge on any atom is 0.295 e. The van der Waals surface area contributed by atoms with Gasteiger partial charge < -0.3 is 0 Å². The number of nitrogens with zero attached hydrogens (tertiary/aromatic N) is 2. The van der Waals surface area contributed by atoms with Gasteiger partial charge in [0.05, 0.1) is 27.1 Å². The molecule has 1 aliphatic rings. The summed E-state index contributed by atoms with van der Waals surface area (Å²) in [6.45, 7) is 3.85. The lowest BCUT2D eigenvalue weighted by Crippen LogP contribution is -2.28. The van der Waals surface area contributed by atoms with Gasteiger partial charge in [0.15, 0.2) is 5.71 Å². The minimum atomic E-state index is -4.91. The average molecular weight is 622 g/mol. The molecule has 4 rings (SSSR count). The second kappa shape index (κ2) is 11.2. The summed E-state index contributed by atoms with van der Waals surface area (Å²) in [5, 5.41) is 0.119. The second-order valence-electron chi connectivity index (χ2n) is 10.0. The Kier molecular flexibility index (Phi) is 8.38. The van der Waals surface area contributed by atoms with Crippen molar-refractivity contribution in [1.82, 2.24) is 0 Å². The van der Waals surface area contributed by atoms with Crippen molar-refractivity contribution < 1.29 is 43.5 Å². The van der Waals surface area contributed by atoms with Crippen molar-refractivity contribution in [2.24, 2.45) is 4.99 Å². The third-order valence-corrected chi connectivity index (χ3v) is 9.32. The van der Waals surface area contributed by atoms with Crippen LogP contribution in [-0.2, 0) is 35.8 Å². The van der Waals surface area contributed by atoms with Crippen LogP contribution in [0.2, 0.25) is 0 Å². The molecule has 3 aromatic carbocycles. The van der Waals surface area contributed by atoms with Crippen molar-refractivity contribution in [3.63, 3.8) is 0 Å². The first kappa shape index (κ1) is 30.7. The molecule has 41 heavy (non-hydrogen) atoms. The summed E-state index contributed by atoms with van der Waals surface area (Å²) < 4.78 is 102. The van der Waals surface area contributed by atoms with Gasteiger partial charge in [-0.05, 0) is 38.1 Å². The zero-order valence-electron chi connectivity index (χ0n) is 22.2. The van der Waals surface area contributed by atoms with Crippen molar-refractivity contribution in [2.75, 3.05) is 12.3 Å². The smallest absolute Gasteiger partial charge is 0.286 e. The summed E-state index contributed by atoms with van der Waals surface area (Å²) in [4.78, 5) is 2.95. The van der Waals surface area contributed by atoms with E-state index in [-0.39, 0.29) is 23.7 Å². The zero-order chi connectivity index (χ0) is 30.2. The molecule has 1 aliphatic heterocycles. The highest BCUT2D eigenvalue weighted by Crippen LogP contribution is 2.46. The Morgan fingerprint density at radius 2 is 1.56 bits per heavy atom. The number of rotatable bonds is 10. The molecule has 0 fully saturated rings. The molecule has 0 saturated carbocycles. The Morgan fingerprint density at radius 3 is 2.17 bits per heavy atom. The number of fused-ring (bicyclic) bond motifs is 3. The van der Waals surface area contributed by atoms with Gasteiger partial charge in [-0.1, -0.05) is 36.4 Å². The minimum absolute atomic E-state index is 0.00875. The molecule has 0 saturated heterocycles. The standard InChI is InChI=1S/C27H28N2O9S3/c1-27(2)23-13-12-21-22(17-20(40(33,34)35)18-24(21)41(36,37)38)26(23)29(15-8-16-39(30,31)32)25(27)11-6-7-14-28-19-9-4-3-5-10-19/h3-6,9-14,17-18H,7-8,15-16H2,1-2H3,(H2-,30,31,32,33,34,35,36,37,38)/p+1. The number of hydrogen-bond donors (Lipinski definition) is 3. The fourth-order valence-corrected chi connectivity index (χ4v) is 6.80. The Morgan fingerprint density at radius 1 is 0.878 bits per heavy atom. The number of allylic oxidation sites excluding steroid dienone is 2. The van der Waals surface area contributed by atoms with Crippen LogP contribution in [0.25, 0.3) is 10.8 Å². The molecule has 0 spiro atoms. The van der Waals surface area contributed by atoms with Crippen LogP contribution in [0.4, 0.5) is 11.4 Å². The molecule has 0 atom stereocenters. The van der Waals surface area contributed by atoms with Crippen LogP contribution in [0.15, 0.2) is 81.5 Å². The number of aliphatic imine (C=N–C) groups is 1. The van der Waals surface area contributed by atoms with Crippen LogP contribution in [-0.4, -0.2) is 67.7 Å². The predicted molar refractivity (Wildman–Crippen MR) is 156 cm³/mol. The molecule has 0 aliphatic carbocycles. The maximum absolute atomic E-state index is 12.2. The van der Waals surface area contributed by atoms with Gasteiger partial charge in [0.1, 0.15) is 11.4 Å². The Labute approximate surface area is 238 Å². The average Bonchev–Trinajstić information content (AvgIpc) is 3.08. The zero-order valence-corrected chi connectivity index (χ0v) is 24.6. The van der Waals surface area contributed by atoms with Crippen molar-refractivity contribution in [2.45, 2.75) is 41.9 Å². The number of para-hydroxylation sites is 1. The second-order valence-corrected chi connectivity index (χ2v) is 14.4. The molecular weight excluding hydrogens is 593 g/mol. The largest absolute Gasteiger partial charge is 0.295 e. The summed E-state index contributed by atoms with van der Waals surface area (Å²) in [6, 6.07) is 14.2. The Bertz CT molecular complexity index is 1930. The van der Waals surface area contributed by atoms with Crippen LogP contribution in [0.1, 0.15) is 32.3 Å². The normalized spacial score (nSPS) is 15.8. The van der Waals surface area contributed by atoms with Crippen LogP contribution in [0, 0.1) is 0 Å². The summed E-state index contributed by atoms with van der Waals surface area (Å²) in [5.41, 5.74) is 1.80. The highest BCUT2D eigenvalue weighted by Gasteiger charge is 2.45.